The first-order valence-electron chi connectivity index (χ1n) is 10.5. The van der Waals surface area contributed by atoms with Gasteiger partial charge in [0.1, 0.15) is 29.0 Å². The van der Waals surface area contributed by atoms with Crippen molar-refractivity contribution >= 4 is 15.8 Å². The minimum atomic E-state index is -4.41. The first kappa shape index (κ1) is 23.1. The molecule has 0 amide bonds. The van der Waals surface area contributed by atoms with Crippen molar-refractivity contribution in [1.82, 2.24) is 19.7 Å². The number of sulfonamides is 1. The fourth-order valence-electron chi connectivity index (χ4n) is 4.24. The van der Waals surface area contributed by atoms with Crippen molar-refractivity contribution < 1.29 is 21.9 Å². The van der Waals surface area contributed by atoms with E-state index in [9.17, 15) is 17.2 Å². The van der Waals surface area contributed by atoms with E-state index in [-0.39, 0.29) is 22.9 Å². The molecule has 0 aliphatic heterocycles. The molecule has 176 valence electrons. The Balaban J connectivity index is 1.62. The standard InChI is InChI=1S/C22H25F2N5O3S/c1-22(2)7-4-14(17-5-9-27-29(17)3)19(12-22)32-18-10-16(24)20(11-15(18)23)33(30,31)28-21-6-8-25-13-26-21/h5-6,8-11,13-14,19H,4,7,12H2,1-3H3,(H,25,26,28). The van der Waals surface area contributed by atoms with Gasteiger partial charge in [0.2, 0.25) is 0 Å². The van der Waals surface area contributed by atoms with Crippen LogP contribution in [0.1, 0.15) is 44.7 Å². The molecule has 1 aliphatic rings. The summed E-state index contributed by atoms with van der Waals surface area (Å²) in [5.74, 6) is -2.54. The number of hydrogen-bond donors (Lipinski definition) is 1. The maximum Gasteiger partial charge on any atom is 0.266 e. The van der Waals surface area contributed by atoms with E-state index in [1.807, 2.05) is 13.1 Å². The third-order valence-electron chi connectivity index (χ3n) is 5.95. The van der Waals surface area contributed by atoms with E-state index in [2.05, 4.69) is 33.6 Å². The Labute approximate surface area is 191 Å². The summed E-state index contributed by atoms with van der Waals surface area (Å²) in [5, 5.41) is 4.22. The Morgan fingerprint density at radius 3 is 2.64 bits per heavy atom. The van der Waals surface area contributed by atoms with Gasteiger partial charge in [0.15, 0.2) is 11.6 Å². The lowest BCUT2D eigenvalue weighted by Gasteiger charge is -2.40. The zero-order valence-electron chi connectivity index (χ0n) is 18.5. The predicted molar refractivity (Wildman–Crippen MR) is 117 cm³/mol. The molecular weight excluding hydrogens is 452 g/mol. The number of rotatable bonds is 6. The third kappa shape index (κ3) is 4.97. The summed E-state index contributed by atoms with van der Waals surface area (Å²) in [5.41, 5.74) is 0.907. The topological polar surface area (TPSA) is 99.0 Å². The minimum absolute atomic E-state index is 0.0421. The SMILES string of the molecule is Cn1nccc1C1CCC(C)(C)CC1Oc1cc(F)c(S(=O)(=O)Nc2ccncn2)cc1F. The second kappa shape index (κ2) is 8.69. The van der Waals surface area contributed by atoms with Crippen LogP contribution in [0.3, 0.4) is 0 Å². The van der Waals surface area contributed by atoms with Gasteiger partial charge in [-0.15, -0.1) is 0 Å². The van der Waals surface area contributed by atoms with Crippen LogP contribution in [-0.4, -0.2) is 34.3 Å². The highest BCUT2D eigenvalue weighted by Crippen LogP contribution is 2.44. The molecule has 2 atom stereocenters. The second-order valence-corrected chi connectivity index (χ2v) is 10.6. The molecule has 3 aromatic rings. The molecule has 0 radical (unpaired) electrons. The van der Waals surface area contributed by atoms with Crippen molar-refractivity contribution in [3.8, 4) is 5.75 Å². The van der Waals surface area contributed by atoms with E-state index in [0.29, 0.717) is 12.5 Å². The summed E-state index contributed by atoms with van der Waals surface area (Å²) < 4.78 is 64.8. The van der Waals surface area contributed by atoms with Gasteiger partial charge in [0, 0.05) is 43.2 Å². The van der Waals surface area contributed by atoms with E-state index in [1.54, 1.807) is 10.9 Å². The van der Waals surface area contributed by atoms with Crippen LogP contribution in [0.15, 0.2) is 47.9 Å². The zero-order valence-corrected chi connectivity index (χ0v) is 19.3. The zero-order chi connectivity index (χ0) is 23.8. The molecule has 33 heavy (non-hydrogen) atoms. The smallest absolute Gasteiger partial charge is 0.266 e. The number of nitrogens with one attached hydrogen (secondary N) is 1. The Morgan fingerprint density at radius 1 is 1.18 bits per heavy atom. The number of hydrogen-bond acceptors (Lipinski definition) is 6. The lowest BCUT2D eigenvalue weighted by atomic mass is 9.70. The fraction of sp³-hybridized carbons (Fsp3) is 0.409. The summed E-state index contributed by atoms with van der Waals surface area (Å²) in [6.07, 6.45) is 6.09. The average Bonchev–Trinajstić information content (AvgIpc) is 3.16. The largest absolute Gasteiger partial charge is 0.487 e. The summed E-state index contributed by atoms with van der Waals surface area (Å²) in [7, 11) is -2.58. The number of benzene rings is 1. The molecule has 1 aliphatic carbocycles. The molecule has 0 spiro atoms. The van der Waals surface area contributed by atoms with E-state index in [4.69, 9.17) is 4.74 Å². The molecule has 0 saturated heterocycles. The first-order valence-corrected chi connectivity index (χ1v) is 12.0. The minimum Gasteiger partial charge on any atom is -0.487 e. The summed E-state index contributed by atoms with van der Waals surface area (Å²) >= 11 is 0. The fourth-order valence-corrected chi connectivity index (χ4v) is 5.32. The van der Waals surface area contributed by atoms with Crippen molar-refractivity contribution in [3.63, 3.8) is 0 Å². The number of aromatic nitrogens is 4. The van der Waals surface area contributed by atoms with Crippen LogP contribution < -0.4 is 9.46 Å². The molecule has 11 heteroatoms. The quantitative estimate of drug-likeness (QED) is 0.576. The average molecular weight is 478 g/mol. The Hall–Kier alpha value is -3.08. The van der Waals surface area contributed by atoms with Crippen LogP contribution in [0.5, 0.6) is 5.75 Å². The Kier molecular flexibility index (Phi) is 6.08. The number of ether oxygens (including phenoxy) is 1. The van der Waals surface area contributed by atoms with Gasteiger partial charge in [0.25, 0.3) is 10.0 Å². The number of halogens is 2. The monoisotopic (exact) mass is 477 g/mol. The van der Waals surface area contributed by atoms with E-state index in [1.165, 1.54) is 12.3 Å². The highest BCUT2D eigenvalue weighted by Gasteiger charge is 2.39. The maximum atomic E-state index is 15.0. The van der Waals surface area contributed by atoms with E-state index >= 15 is 0 Å². The van der Waals surface area contributed by atoms with Gasteiger partial charge in [-0.3, -0.25) is 9.40 Å². The molecule has 8 nitrogen and oxygen atoms in total. The molecule has 2 unspecified atom stereocenters. The highest BCUT2D eigenvalue weighted by atomic mass is 32.2. The molecule has 0 bridgehead atoms. The molecule has 1 fully saturated rings. The van der Waals surface area contributed by atoms with Crippen LogP contribution in [0.2, 0.25) is 0 Å². The predicted octanol–water partition coefficient (Wildman–Crippen LogP) is 4.03. The van der Waals surface area contributed by atoms with Crippen LogP contribution in [-0.2, 0) is 17.1 Å². The van der Waals surface area contributed by atoms with Gasteiger partial charge in [-0.2, -0.15) is 5.10 Å². The molecule has 2 aromatic heterocycles. The van der Waals surface area contributed by atoms with Gasteiger partial charge in [-0.05, 0) is 36.8 Å². The normalized spacial score (nSPS) is 20.4. The van der Waals surface area contributed by atoms with E-state index in [0.717, 1.165) is 30.9 Å². The Morgan fingerprint density at radius 2 is 1.97 bits per heavy atom. The lowest BCUT2D eigenvalue weighted by molar-refractivity contribution is 0.0587. The lowest BCUT2D eigenvalue weighted by Crippen LogP contribution is -2.37. The van der Waals surface area contributed by atoms with Gasteiger partial charge < -0.3 is 4.74 Å². The maximum absolute atomic E-state index is 15.0. The van der Waals surface area contributed by atoms with Crippen molar-refractivity contribution in [2.45, 2.75) is 50.0 Å². The van der Waals surface area contributed by atoms with E-state index < -0.39 is 32.7 Å². The molecule has 1 N–H and O–H groups in total. The molecular formula is C22H25F2N5O3S. The van der Waals surface area contributed by atoms with Crippen molar-refractivity contribution in [2.75, 3.05) is 4.72 Å². The molecule has 4 rings (SSSR count). The second-order valence-electron chi connectivity index (χ2n) is 8.96. The number of nitrogens with zero attached hydrogens (tertiary/aromatic N) is 4. The van der Waals surface area contributed by atoms with Crippen molar-refractivity contribution in [3.05, 3.63) is 60.3 Å². The summed E-state index contributed by atoms with van der Waals surface area (Å²) in [6, 6.07) is 4.60. The van der Waals surface area contributed by atoms with Gasteiger partial charge in [-0.25, -0.2) is 27.2 Å². The van der Waals surface area contributed by atoms with Crippen LogP contribution in [0, 0.1) is 17.0 Å². The van der Waals surface area contributed by atoms with Crippen LogP contribution in [0.4, 0.5) is 14.6 Å². The van der Waals surface area contributed by atoms with Crippen molar-refractivity contribution in [1.29, 1.82) is 0 Å². The molecule has 1 saturated carbocycles. The number of anilines is 1. The first-order chi connectivity index (χ1) is 15.6. The van der Waals surface area contributed by atoms with Crippen LogP contribution in [0.25, 0.3) is 0 Å². The highest BCUT2D eigenvalue weighted by molar-refractivity contribution is 7.92. The Bertz CT molecular complexity index is 1250. The third-order valence-corrected chi connectivity index (χ3v) is 7.32. The van der Waals surface area contributed by atoms with Gasteiger partial charge in [-0.1, -0.05) is 13.8 Å². The molecule has 2 heterocycles. The molecule has 1 aromatic carbocycles. The summed E-state index contributed by atoms with van der Waals surface area (Å²) in [4.78, 5) is 6.59. The summed E-state index contributed by atoms with van der Waals surface area (Å²) in [6.45, 7) is 4.21. The number of aryl methyl sites for hydroxylation is 1. The van der Waals surface area contributed by atoms with Crippen molar-refractivity contribution in [2.24, 2.45) is 12.5 Å². The van der Waals surface area contributed by atoms with Gasteiger partial charge in [0.05, 0.1) is 0 Å². The van der Waals surface area contributed by atoms with Crippen LogP contribution >= 0.6 is 0 Å². The van der Waals surface area contributed by atoms with Gasteiger partial charge >= 0.3 is 0 Å².